The minimum Gasteiger partial charge on any atom is -0.478 e. The van der Waals surface area contributed by atoms with Crippen molar-refractivity contribution < 1.29 is 19.0 Å². The zero-order valence-electron chi connectivity index (χ0n) is 9.44. The second kappa shape index (κ2) is 4.71. The number of rotatable bonds is 3. The summed E-state index contributed by atoms with van der Waals surface area (Å²) in [5.41, 5.74) is 0.285. The molecule has 4 nitrogen and oxygen atoms in total. The van der Waals surface area contributed by atoms with Gasteiger partial charge in [-0.05, 0) is 31.5 Å². The number of carboxylic acids is 1. The van der Waals surface area contributed by atoms with E-state index >= 15 is 0 Å². The first-order valence-electron chi connectivity index (χ1n) is 5.49. The van der Waals surface area contributed by atoms with Gasteiger partial charge in [-0.15, -0.1) is 0 Å². The summed E-state index contributed by atoms with van der Waals surface area (Å²) in [5, 5.41) is 11.8. The predicted octanol–water partition coefficient (Wildman–Crippen LogP) is 2.11. The first-order valence-corrected chi connectivity index (χ1v) is 5.49. The van der Waals surface area contributed by atoms with Crippen molar-refractivity contribution in [1.29, 1.82) is 0 Å². The number of benzene rings is 1. The number of halogens is 1. The molecule has 2 unspecified atom stereocenters. The Balaban J connectivity index is 2.19. The fourth-order valence-corrected chi connectivity index (χ4v) is 1.89. The number of hydrogen-bond acceptors (Lipinski definition) is 3. The minimum atomic E-state index is -1.07. The number of hydrogen-bond donors (Lipinski definition) is 2. The standard InChI is InChI=1S/C12H14FNO3/c1-7-10(4-5-17-7)14-11-6-8(12(15)16)2-3-9(11)13/h2-3,6-7,10,14H,4-5H2,1H3,(H,15,16). The maximum atomic E-state index is 13.5. The van der Waals surface area contributed by atoms with Crippen LogP contribution in [-0.2, 0) is 4.74 Å². The summed E-state index contributed by atoms with van der Waals surface area (Å²) >= 11 is 0. The van der Waals surface area contributed by atoms with Gasteiger partial charge in [0.2, 0.25) is 0 Å². The zero-order valence-corrected chi connectivity index (χ0v) is 9.44. The summed E-state index contributed by atoms with van der Waals surface area (Å²) in [6.45, 7) is 2.54. The monoisotopic (exact) mass is 239 g/mol. The van der Waals surface area contributed by atoms with E-state index in [2.05, 4.69) is 5.32 Å². The van der Waals surface area contributed by atoms with E-state index in [9.17, 15) is 9.18 Å². The highest BCUT2D eigenvalue weighted by Crippen LogP contribution is 2.22. The highest BCUT2D eigenvalue weighted by atomic mass is 19.1. The molecule has 5 heteroatoms. The van der Waals surface area contributed by atoms with E-state index in [0.29, 0.717) is 6.61 Å². The van der Waals surface area contributed by atoms with Gasteiger partial charge in [0.05, 0.1) is 23.4 Å². The van der Waals surface area contributed by atoms with Crippen molar-refractivity contribution in [2.24, 2.45) is 0 Å². The lowest BCUT2D eigenvalue weighted by Crippen LogP contribution is -2.27. The summed E-state index contributed by atoms with van der Waals surface area (Å²) in [7, 11) is 0. The van der Waals surface area contributed by atoms with Crippen molar-refractivity contribution in [1.82, 2.24) is 0 Å². The molecule has 2 N–H and O–H groups in total. The van der Waals surface area contributed by atoms with Crippen LogP contribution >= 0.6 is 0 Å². The Morgan fingerprint density at radius 2 is 2.35 bits per heavy atom. The Labute approximate surface area is 98.4 Å². The van der Waals surface area contributed by atoms with Gasteiger partial charge in [0.1, 0.15) is 5.82 Å². The number of nitrogens with one attached hydrogen (secondary N) is 1. The molecular weight excluding hydrogens is 225 g/mol. The van der Waals surface area contributed by atoms with Gasteiger partial charge in [0, 0.05) is 6.61 Å². The maximum Gasteiger partial charge on any atom is 0.335 e. The lowest BCUT2D eigenvalue weighted by Gasteiger charge is -2.18. The molecule has 1 aliphatic rings. The van der Waals surface area contributed by atoms with Crippen LogP contribution < -0.4 is 5.32 Å². The van der Waals surface area contributed by atoms with Crippen LogP contribution in [0, 0.1) is 5.82 Å². The van der Waals surface area contributed by atoms with Crippen molar-refractivity contribution in [3.05, 3.63) is 29.6 Å². The van der Waals surface area contributed by atoms with E-state index in [1.807, 2.05) is 6.92 Å². The van der Waals surface area contributed by atoms with Crippen LogP contribution in [-0.4, -0.2) is 29.8 Å². The summed E-state index contributed by atoms with van der Waals surface area (Å²) < 4.78 is 18.9. The number of ether oxygens (including phenoxy) is 1. The molecule has 0 saturated carbocycles. The molecule has 0 bridgehead atoms. The van der Waals surface area contributed by atoms with Gasteiger partial charge in [0.25, 0.3) is 0 Å². The second-order valence-electron chi connectivity index (χ2n) is 4.12. The molecule has 2 atom stereocenters. The van der Waals surface area contributed by atoms with Crippen molar-refractivity contribution in [2.45, 2.75) is 25.5 Å². The third-order valence-electron chi connectivity index (χ3n) is 2.93. The lowest BCUT2D eigenvalue weighted by atomic mass is 10.1. The quantitative estimate of drug-likeness (QED) is 0.848. The van der Waals surface area contributed by atoms with Crippen LogP contribution in [0.2, 0.25) is 0 Å². The number of carboxylic acid groups (broad SMARTS) is 1. The lowest BCUT2D eigenvalue weighted by molar-refractivity contribution is 0.0697. The molecule has 0 aliphatic carbocycles. The fourth-order valence-electron chi connectivity index (χ4n) is 1.89. The van der Waals surface area contributed by atoms with Crippen LogP contribution in [0.3, 0.4) is 0 Å². The van der Waals surface area contributed by atoms with Gasteiger partial charge >= 0.3 is 5.97 Å². The van der Waals surface area contributed by atoms with E-state index in [0.717, 1.165) is 12.5 Å². The van der Waals surface area contributed by atoms with Crippen molar-refractivity contribution >= 4 is 11.7 Å². The van der Waals surface area contributed by atoms with Gasteiger partial charge in [-0.1, -0.05) is 0 Å². The van der Waals surface area contributed by atoms with Crippen molar-refractivity contribution in [3.63, 3.8) is 0 Å². The molecule has 0 radical (unpaired) electrons. The molecule has 92 valence electrons. The minimum absolute atomic E-state index is 0.00267. The molecule has 1 aromatic carbocycles. The second-order valence-corrected chi connectivity index (χ2v) is 4.12. The zero-order chi connectivity index (χ0) is 12.4. The maximum absolute atomic E-state index is 13.5. The van der Waals surface area contributed by atoms with Gasteiger partial charge in [-0.3, -0.25) is 0 Å². The van der Waals surface area contributed by atoms with Crippen LogP contribution in [0.25, 0.3) is 0 Å². The van der Waals surface area contributed by atoms with E-state index in [4.69, 9.17) is 9.84 Å². The summed E-state index contributed by atoms with van der Waals surface area (Å²) in [6.07, 6.45) is 0.792. The normalized spacial score (nSPS) is 23.6. The van der Waals surface area contributed by atoms with Crippen LogP contribution in [0.15, 0.2) is 18.2 Å². The van der Waals surface area contributed by atoms with E-state index in [-0.39, 0.29) is 23.4 Å². The number of carbonyl (C=O) groups is 1. The Morgan fingerprint density at radius 1 is 1.59 bits per heavy atom. The Hall–Kier alpha value is -1.62. The van der Waals surface area contributed by atoms with Crippen LogP contribution in [0.4, 0.5) is 10.1 Å². The molecule has 0 amide bonds. The van der Waals surface area contributed by atoms with E-state index < -0.39 is 11.8 Å². The van der Waals surface area contributed by atoms with Crippen LogP contribution in [0.5, 0.6) is 0 Å². The Morgan fingerprint density at radius 3 is 2.94 bits per heavy atom. The highest BCUT2D eigenvalue weighted by molar-refractivity contribution is 5.88. The van der Waals surface area contributed by atoms with Gasteiger partial charge in [-0.2, -0.15) is 0 Å². The topological polar surface area (TPSA) is 58.6 Å². The van der Waals surface area contributed by atoms with Gasteiger partial charge in [0.15, 0.2) is 0 Å². The SMILES string of the molecule is CC1OCCC1Nc1cc(C(=O)O)ccc1F. The summed E-state index contributed by atoms with van der Waals surface area (Å²) in [5.74, 6) is -1.52. The molecule has 1 aromatic rings. The molecule has 1 aliphatic heterocycles. The van der Waals surface area contributed by atoms with Crippen molar-refractivity contribution in [2.75, 3.05) is 11.9 Å². The molecule has 2 rings (SSSR count). The molecule has 1 fully saturated rings. The smallest absolute Gasteiger partial charge is 0.335 e. The summed E-state index contributed by atoms with van der Waals surface area (Å²) in [6, 6.07) is 3.74. The highest BCUT2D eigenvalue weighted by Gasteiger charge is 2.24. The molecule has 0 spiro atoms. The van der Waals surface area contributed by atoms with Crippen LogP contribution in [0.1, 0.15) is 23.7 Å². The number of anilines is 1. The third kappa shape index (κ3) is 2.55. The average molecular weight is 239 g/mol. The molecular formula is C12H14FNO3. The molecule has 1 heterocycles. The molecule has 1 saturated heterocycles. The average Bonchev–Trinajstić information content (AvgIpc) is 2.67. The van der Waals surface area contributed by atoms with Crippen molar-refractivity contribution in [3.8, 4) is 0 Å². The third-order valence-corrected chi connectivity index (χ3v) is 2.93. The predicted molar refractivity (Wildman–Crippen MR) is 60.8 cm³/mol. The molecule has 0 aromatic heterocycles. The van der Waals surface area contributed by atoms with Gasteiger partial charge in [-0.25, -0.2) is 9.18 Å². The fraction of sp³-hybridized carbons (Fsp3) is 0.417. The van der Waals surface area contributed by atoms with Gasteiger partial charge < -0.3 is 15.2 Å². The Bertz CT molecular complexity index is 436. The molecule has 17 heavy (non-hydrogen) atoms. The Kier molecular flexibility index (Phi) is 3.28. The number of aromatic carboxylic acids is 1. The largest absolute Gasteiger partial charge is 0.478 e. The first-order chi connectivity index (χ1) is 8.08. The van der Waals surface area contributed by atoms with E-state index in [1.165, 1.54) is 12.1 Å². The van der Waals surface area contributed by atoms with E-state index in [1.54, 1.807) is 0 Å². The first kappa shape index (κ1) is 11.9. The summed E-state index contributed by atoms with van der Waals surface area (Å²) in [4.78, 5) is 10.8.